The molecule has 86 valence electrons. The third kappa shape index (κ3) is 2.53. The number of benzene rings is 1. The minimum atomic E-state index is -0.251. The van der Waals surface area contributed by atoms with E-state index in [0.29, 0.717) is 5.02 Å². The van der Waals surface area contributed by atoms with E-state index in [0.717, 1.165) is 22.9 Å². The predicted octanol–water partition coefficient (Wildman–Crippen LogP) is 3.45. The number of carbonyl (C=O) groups excluding carboxylic acids is 1. The minimum absolute atomic E-state index is 0.0104. The molecule has 5 heteroatoms. The summed E-state index contributed by atoms with van der Waals surface area (Å²) in [5, 5.41) is 3.60. The maximum Gasteiger partial charge on any atom is 0.235 e. The summed E-state index contributed by atoms with van der Waals surface area (Å²) in [4.78, 5) is 11.3. The number of carbonyl (C=O) groups is 1. The zero-order chi connectivity index (χ0) is 11.8. The monoisotopic (exact) mass is 321 g/mol. The van der Waals surface area contributed by atoms with Crippen molar-refractivity contribution in [2.75, 3.05) is 5.88 Å². The summed E-state index contributed by atoms with van der Waals surface area (Å²) < 4.78 is 0.918. The Morgan fingerprint density at radius 2 is 2.12 bits per heavy atom. The molecule has 0 heterocycles. The Kier molecular flexibility index (Phi) is 3.48. The van der Waals surface area contributed by atoms with Gasteiger partial charge >= 0.3 is 0 Å². The number of alkyl halides is 1. The molecule has 2 nitrogen and oxygen atoms in total. The van der Waals surface area contributed by atoms with Crippen LogP contribution < -0.4 is 5.32 Å². The lowest BCUT2D eigenvalue weighted by Crippen LogP contribution is -2.35. The molecule has 0 aliphatic heterocycles. The highest BCUT2D eigenvalue weighted by Gasteiger charge is 2.45. The van der Waals surface area contributed by atoms with Gasteiger partial charge in [0.1, 0.15) is 5.88 Å². The van der Waals surface area contributed by atoms with Crippen LogP contribution in [0.15, 0.2) is 22.7 Å². The molecule has 16 heavy (non-hydrogen) atoms. The van der Waals surface area contributed by atoms with Crippen molar-refractivity contribution in [3.05, 3.63) is 33.3 Å². The summed E-state index contributed by atoms with van der Waals surface area (Å²) in [7, 11) is 0. The molecule has 1 saturated carbocycles. The average molecular weight is 323 g/mol. The molecule has 1 aromatic rings. The van der Waals surface area contributed by atoms with E-state index in [1.165, 1.54) is 0 Å². The maximum absolute atomic E-state index is 11.3. The number of halogens is 3. The van der Waals surface area contributed by atoms with Crippen LogP contribution in [-0.2, 0) is 10.3 Å². The van der Waals surface area contributed by atoms with E-state index in [9.17, 15) is 4.79 Å². The predicted molar refractivity (Wildman–Crippen MR) is 68.9 cm³/mol. The first-order valence-corrected chi connectivity index (χ1v) is 6.60. The number of hydrogen-bond donors (Lipinski definition) is 1. The van der Waals surface area contributed by atoms with Gasteiger partial charge in [-0.2, -0.15) is 0 Å². The number of amides is 1. The smallest absolute Gasteiger partial charge is 0.235 e. The van der Waals surface area contributed by atoms with Crippen LogP contribution in [0.4, 0.5) is 0 Å². The van der Waals surface area contributed by atoms with Crippen LogP contribution in [0.5, 0.6) is 0 Å². The van der Waals surface area contributed by atoms with E-state index in [2.05, 4.69) is 21.2 Å². The van der Waals surface area contributed by atoms with Crippen LogP contribution in [-0.4, -0.2) is 11.8 Å². The quantitative estimate of drug-likeness (QED) is 0.848. The lowest BCUT2D eigenvalue weighted by molar-refractivity contribution is -0.119. The molecule has 1 fully saturated rings. The zero-order valence-electron chi connectivity index (χ0n) is 8.40. The van der Waals surface area contributed by atoms with Crippen molar-refractivity contribution in [1.82, 2.24) is 5.32 Å². The summed E-state index contributed by atoms with van der Waals surface area (Å²) >= 11 is 14.9. The first-order chi connectivity index (χ1) is 7.55. The molecule has 0 aromatic heterocycles. The lowest BCUT2D eigenvalue weighted by Gasteiger charge is -2.18. The van der Waals surface area contributed by atoms with Crippen LogP contribution in [0.1, 0.15) is 18.4 Å². The van der Waals surface area contributed by atoms with Gasteiger partial charge in [0.2, 0.25) is 5.91 Å². The number of hydrogen-bond acceptors (Lipinski definition) is 1. The molecule has 0 saturated heterocycles. The zero-order valence-corrected chi connectivity index (χ0v) is 11.5. The summed E-state index contributed by atoms with van der Waals surface area (Å²) in [6, 6.07) is 5.69. The summed E-state index contributed by atoms with van der Waals surface area (Å²) in [6.45, 7) is 0. The van der Waals surface area contributed by atoms with Gasteiger partial charge in [0, 0.05) is 9.50 Å². The van der Waals surface area contributed by atoms with E-state index in [4.69, 9.17) is 23.2 Å². The summed E-state index contributed by atoms with van der Waals surface area (Å²) in [6.07, 6.45) is 1.87. The Balaban J connectivity index is 2.26. The first-order valence-electron chi connectivity index (χ1n) is 4.89. The normalized spacial score (nSPS) is 16.9. The SMILES string of the molecule is O=C(CCl)NC1(c2cc(Cl)cc(Br)c2)CC1. The molecule has 1 aliphatic rings. The van der Waals surface area contributed by atoms with Gasteiger partial charge in [0.05, 0.1) is 5.54 Å². The standard InChI is InChI=1S/C11H10BrCl2NO/c12-8-3-7(4-9(14)5-8)11(1-2-11)15-10(16)6-13/h3-5H,1-2,6H2,(H,15,16). The third-order valence-electron chi connectivity index (χ3n) is 2.67. The largest absolute Gasteiger partial charge is 0.346 e. The van der Waals surface area contributed by atoms with Crippen LogP contribution in [0.3, 0.4) is 0 Å². The van der Waals surface area contributed by atoms with Crippen LogP contribution in [0.2, 0.25) is 5.02 Å². The molecule has 0 atom stereocenters. The van der Waals surface area contributed by atoms with Gasteiger partial charge in [-0.3, -0.25) is 4.79 Å². The number of rotatable bonds is 3. The van der Waals surface area contributed by atoms with Crippen molar-refractivity contribution in [3.8, 4) is 0 Å². The third-order valence-corrected chi connectivity index (χ3v) is 3.58. The van der Waals surface area contributed by atoms with E-state index >= 15 is 0 Å². The number of nitrogens with one attached hydrogen (secondary N) is 1. The van der Waals surface area contributed by atoms with Crippen molar-refractivity contribution >= 4 is 45.0 Å². The molecule has 1 aromatic carbocycles. The first kappa shape index (κ1) is 12.2. The maximum atomic E-state index is 11.3. The fourth-order valence-electron chi connectivity index (χ4n) is 1.74. The summed E-state index contributed by atoms with van der Waals surface area (Å²) in [5.74, 6) is -0.154. The van der Waals surface area contributed by atoms with Gasteiger partial charge < -0.3 is 5.32 Å². The highest BCUT2D eigenvalue weighted by atomic mass is 79.9. The lowest BCUT2D eigenvalue weighted by atomic mass is 10.1. The van der Waals surface area contributed by atoms with E-state index in [1.807, 2.05) is 18.2 Å². The second-order valence-corrected chi connectivity index (χ2v) is 5.54. The van der Waals surface area contributed by atoms with E-state index in [-0.39, 0.29) is 17.3 Å². The summed E-state index contributed by atoms with van der Waals surface area (Å²) in [5.41, 5.74) is 0.782. The Morgan fingerprint density at radius 1 is 1.44 bits per heavy atom. The van der Waals surface area contributed by atoms with Crippen molar-refractivity contribution in [3.63, 3.8) is 0 Å². The molecule has 0 bridgehead atoms. The van der Waals surface area contributed by atoms with Gasteiger partial charge in [-0.1, -0.05) is 27.5 Å². The van der Waals surface area contributed by atoms with Crippen LogP contribution in [0.25, 0.3) is 0 Å². The van der Waals surface area contributed by atoms with E-state index < -0.39 is 0 Å². The highest BCUT2D eigenvalue weighted by molar-refractivity contribution is 9.10. The molecular formula is C11H10BrCl2NO. The fraction of sp³-hybridized carbons (Fsp3) is 0.364. The molecular weight excluding hydrogens is 313 g/mol. The van der Waals surface area contributed by atoms with E-state index in [1.54, 1.807) is 0 Å². The average Bonchev–Trinajstić information content (AvgIpc) is 2.97. The molecule has 0 unspecified atom stereocenters. The molecule has 0 spiro atoms. The van der Waals surface area contributed by atoms with Crippen LogP contribution >= 0.6 is 39.1 Å². The molecule has 2 rings (SSSR count). The molecule has 1 aliphatic carbocycles. The second kappa shape index (κ2) is 4.55. The highest BCUT2D eigenvalue weighted by Crippen LogP contribution is 2.46. The van der Waals surface area contributed by atoms with Gasteiger partial charge in [-0.15, -0.1) is 11.6 Å². The molecule has 0 radical (unpaired) electrons. The van der Waals surface area contributed by atoms with Gasteiger partial charge in [0.25, 0.3) is 0 Å². The fourth-order valence-corrected chi connectivity index (χ4v) is 2.67. The van der Waals surface area contributed by atoms with Gasteiger partial charge in [0.15, 0.2) is 0 Å². The Bertz CT molecular complexity index is 412. The second-order valence-electron chi connectivity index (χ2n) is 3.92. The molecule has 1 amide bonds. The van der Waals surface area contributed by atoms with Crippen molar-refractivity contribution in [1.29, 1.82) is 0 Å². The topological polar surface area (TPSA) is 29.1 Å². The van der Waals surface area contributed by atoms with Crippen LogP contribution in [0, 0.1) is 0 Å². The minimum Gasteiger partial charge on any atom is -0.346 e. The van der Waals surface area contributed by atoms with Gasteiger partial charge in [-0.05, 0) is 36.6 Å². The van der Waals surface area contributed by atoms with Crippen molar-refractivity contribution in [2.24, 2.45) is 0 Å². The Hall–Kier alpha value is -0.250. The Labute approximate surface area is 112 Å². The van der Waals surface area contributed by atoms with Crippen molar-refractivity contribution in [2.45, 2.75) is 18.4 Å². The van der Waals surface area contributed by atoms with Gasteiger partial charge in [-0.25, -0.2) is 0 Å². The van der Waals surface area contributed by atoms with Crippen molar-refractivity contribution < 1.29 is 4.79 Å². The molecule has 1 N–H and O–H groups in total. The Morgan fingerprint density at radius 3 is 2.62 bits per heavy atom.